The van der Waals surface area contributed by atoms with E-state index >= 15 is 0 Å². The molecule has 0 saturated carbocycles. The van der Waals surface area contributed by atoms with Crippen LogP contribution in [-0.4, -0.2) is 52.8 Å². The van der Waals surface area contributed by atoms with Gasteiger partial charge in [-0.15, -0.1) is 0 Å². The summed E-state index contributed by atoms with van der Waals surface area (Å²) in [7, 11) is 3.39. The zero-order chi connectivity index (χ0) is 30.0. The lowest BCUT2D eigenvalue weighted by Gasteiger charge is -2.45. The summed E-state index contributed by atoms with van der Waals surface area (Å²) in [5.41, 5.74) is 3.92. The lowest BCUT2D eigenvalue weighted by atomic mass is 9.68. The van der Waals surface area contributed by atoms with Crippen molar-refractivity contribution in [2.24, 2.45) is 11.3 Å². The number of pyridine rings is 1. The Morgan fingerprint density at radius 2 is 1.80 bits per heavy atom. The smallest absolute Gasteiger partial charge is 0.354 e. The number of likely N-dealkylation sites (N-methyl/N-ethyl adjacent to an activating group) is 1. The predicted molar refractivity (Wildman–Crippen MR) is 155 cm³/mol. The number of carbonyl (C=O) groups excluding carboxylic acids is 2. The fourth-order valence-corrected chi connectivity index (χ4v) is 6.65. The first kappa shape index (κ1) is 28.6. The lowest BCUT2D eigenvalue weighted by molar-refractivity contribution is -0.131. The molecule has 1 N–H and O–H groups in total. The van der Waals surface area contributed by atoms with Crippen molar-refractivity contribution >= 4 is 17.7 Å². The summed E-state index contributed by atoms with van der Waals surface area (Å²) in [6, 6.07) is 7.15. The number of benzene rings is 1. The number of hydrogen-bond acceptors (Lipinski definition) is 6. The zero-order valence-corrected chi connectivity index (χ0v) is 25.0. The number of aromatic nitrogens is 1. The average molecular weight is 559 g/mol. The quantitative estimate of drug-likeness (QED) is 0.482. The number of Topliss-reactive ketones (excluding diaryl/α,β-unsaturated/α-hetero) is 1. The zero-order valence-electron chi connectivity index (χ0n) is 25.0. The Balaban J connectivity index is 1.79. The van der Waals surface area contributed by atoms with Gasteiger partial charge in [-0.1, -0.05) is 33.8 Å². The Morgan fingerprint density at radius 1 is 1.10 bits per heavy atom. The molecule has 5 rings (SSSR count). The van der Waals surface area contributed by atoms with Gasteiger partial charge in [-0.3, -0.25) is 9.59 Å². The van der Waals surface area contributed by atoms with Crippen molar-refractivity contribution in [2.75, 3.05) is 14.2 Å². The second kappa shape index (κ2) is 10.2. The van der Waals surface area contributed by atoms with Crippen LogP contribution in [0.25, 0.3) is 11.3 Å². The number of hydrogen-bond donors (Lipinski definition) is 1. The third-order valence-corrected chi connectivity index (χ3v) is 8.77. The number of ketones is 1. The molecule has 41 heavy (non-hydrogen) atoms. The van der Waals surface area contributed by atoms with E-state index in [1.165, 1.54) is 0 Å². The van der Waals surface area contributed by atoms with Crippen LogP contribution in [0.1, 0.15) is 80.1 Å². The second-order valence-electron chi connectivity index (χ2n) is 12.6. The molecular formula is C33H38N2O6. The molecule has 216 valence electrons. The number of methoxy groups -OCH3 is 1. The molecule has 3 aliphatic rings. The molecule has 1 amide bonds. The molecule has 1 aromatic carbocycles. The molecule has 0 bridgehead atoms. The highest BCUT2D eigenvalue weighted by Crippen LogP contribution is 2.54. The molecule has 0 fully saturated rings. The van der Waals surface area contributed by atoms with Gasteiger partial charge >= 0.3 is 5.97 Å². The first-order valence-electron chi connectivity index (χ1n) is 14.1. The average Bonchev–Trinajstić information content (AvgIpc) is 2.88. The summed E-state index contributed by atoms with van der Waals surface area (Å²) in [5, 5.41) is 9.70. The third-order valence-electron chi connectivity index (χ3n) is 8.77. The third kappa shape index (κ3) is 4.73. The number of amides is 1. The predicted octanol–water partition coefficient (Wildman–Crippen LogP) is 5.97. The molecule has 1 aromatic heterocycles. The van der Waals surface area contributed by atoms with Crippen molar-refractivity contribution in [2.45, 2.75) is 72.8 Å². The van der Waals surface area contributed by atoms with Gasteiger partial charge in [0.2, 0.25) is 0 Å². The maximum atomic E-state index is 14.1. The van der Waals surface area contributed by atoms with E-state index < -0.39 is 11.9 Å². The number of allylic oxidation sites excluding steroid dienone is 2. The standard InChI is InChI=1S/C33H38N2O6/c1-16(2)21-13-24-28(31(37)35(21)7)29(27-22(36)14-33(5,6)15-25(27)41-24)26-18(4)19(10-12-23(26)40-8)20-11-9-17(3)30(34-20)32(38)39/h9-12,16,21,29H,13-15H2,1-8H3,(H,38,39)/t21-,29-/m0/s1. The lowest BCUT2D eigenvalue weighted by Crippen LogP contribution is -2.48. The molecule has 0 unspecified atom stereocenters. The summed E-state index contributed by atoms with van der Waals surface area (Å²) in [4.78, 5) is 46.1. The van der Waals surface area contributed by atoms with Crippen molar-refractivity contribution in [1.82, 2.24) is 9.88 Å². The van der Waals surface area contributed by atoms with Gasteiger partial charge in [0.1, 0.15) is 17.3 Å². The van der Waals surface area contributed by atoms with E-state index in [9.17, 15) is 19.5 Å². The van der Waals surface area contributed by atoms with Gasteiger partial charge in [0, 0.05) is 49.1 Å². The van der Waals surface area contributed by atoms with E-state index in [-0.39, 0.29) is 34.8 Å². The fourth-order valence-electron chi connectivity index (χ4n) is 6.65. The van der Waals surface area contributed by atoms with Gasteiger partial charge in [0.05, 0.1) is 24.3 Å². The molecule has 8 nitrogen and oxygen atoms in total. The van der Waals surface area contributed by atoms with Crippen LogP contribution in [0.5, 0.6) is 5.75 Å². The summed E-state index contributed by atoms with van der Waals surface area (Å²) in [5.74, 6) is 0.0284. The SMILES string of the molecule is COc1ccc(-c2ccc(C)c(C(=O)O)n2)c(C)c1[C@H]1C2=C(CC(C)(C)CC2=O)OC2=C1C(=O)N(C)[C@H](C(C)C)C2. The number of rotatable bonds is 5. The Morgan fingerprint density at radius 3 is 2.44 bits per heavy atom. The van der Waals surface area contributed by atoms with Gasteiger partial charge in [0.15, 0.2) is 11.5 Å². The number of carboxylic acid groups (broad SMARTS) is 1. The minimum absolute atomic E-state index is 0.0196. The molecule has 3 heterocycles. The fraction of sp³-hybridized carbons (Fsp3) is 0.455. The Labute approximate surface area is 241 Å². The van der Waals surface area contributed by atoms with Crippen LogP contribution in [0.15, 0.2) is 46.9 Å². The van der Waals surface area contributed by atoms with E-state index in [1.807, 2.05) is 20.0 Å². The van der Waals surface area contributed by atoms with Crippen LogP contribution < -0.4 is 4.74 Å². The van der Waals surface area contributed by atoms with E-state index in [4.69, 9.17) is 9.47 Å². The molecule has 1 aliphatic carbocycles. The van der Waals surface area contributed by atoms with Crippen LogP contribution in [0.4, 0.5) is 0 Å². The van der Waals surface area contributed by atoms with Crippen molar-refractivity contribution in [3.05, 3.63) is 69.3 Å². The maximum absolute atomic E-state index is 14.1. The number of carbonyl (C=O) groups is 3. The van der Waals surface area contributed by atoms with Crippen molar-refractivity contribution < 1.29 is 29.0 Å². The minimum atomic E-state index is -1.10. The summed E-state index contributed by atoms with van der Waals surface area (Å²) < 4.78 is 12.4. The van der Waals surface area contributed by atoms with Crippen molar-refractivity contribution in [3.63, 3.8) is 0 Å². The molecule has 0 saturated heterocycles. The van der Waals surface area contributed by atoms with Crippen molar-refractivity contribution in [3.8, 4) is 17.0 Å². The summed E-state index contributed by atoms with van der Waals surface area (Å²) in [6.07, 6.45) is 1.48. The Hall–Kier alpha value is -3.94. The molecule has 2 aliphatic heterocycles. The van der Waals surface area contributed by atoms with Crippen molar-refractivity contribution in [1.29, 1.82) is 0 Å². The number of ether oxygens (including phenoxy) is 2. The maximum Gasteiger partial charge on any atom is 0.354 e. The highest BCUT2D eigenvalue weighted by molar-refractivity contribution is 6.06. The number of aryl methyl sites for hydroxylation is 1. The molecule has 2 atom stereocenters. The molecule has 0 radical (unpaired) electrons. The molecule has 8 heteroatoms. The van der Waals surface area contributed by atoms with Gasteiger partial charge in [-0.25, -0.2) is 9.78 Å². The van der Waals surface area contributed by atoms with E-state index in [0.717, 1.165) is 5.56 Å². The first-order valence-corrected chi connectivity index (χ1v) is 14.1. The highest BCUT2D eigenvalue weighted by atomic mass is 16.5. The summed E-state index contributed by atoms with van der Waals surface area (Å²) in [6.45, 7) is 11.9. The molecule has 2 aromatic rings. The van der Waals surface area contributed by atoms with E-state index in [1.54, 1.807) is 37.1 Å². The first-order chi connectivity index (χ1) is 19.3. The Kier molecular flexibility index (Phi) is 7.08. The topological polar surface area (TPSA) is 106 Å². The highest BCUT2D eigenvalue weighted by Gasteiger charge is 2.49. The largest absolute Gasteiger partial charge is 0.496 e. The molecule has 0 spiro atoms. The van der Waals surface area contributed by atoms with Gasteiger partial charge in [-0.2, -0.15) is 0 Å². The van der Waals surface area contributed by atoms with Crippen LogP contribution in [-0.2, 0) is 14.3 Å². The minimum Gasteiger partial charge on any atom is -0.496 e. The molecular weight excluding hydrogens is 520 g/mol. The number of aromatic carboxylic acids is 1. The van der Waals surface area contributed by atoms with Crippen LogP contribution in [0.3, 0.4) is 0 Å². The normalized spacial score (nSPS) is 22.0. The van der Waals surface area contributed by atoms with Crippen LogP contribution in [0.2, 0.25) is 0 Å². The monoisotopic (exact) mass is 558 g/mol. The van der Waals surface area contributed by atoms with Gasteiger partial charge < -0.3 is 19.5 Å². The number of carboxylic acids is 1. The summed E-state index contributed by atoms with van der Waals surface area (Å²) >= 11 is 0. The van der Waals surface area contributed by atoms with Gasteiger partial charge in [-0.05, 0) is 54.5 Å². The van der Waals surface area contributed by atoms with Crippen LogP contribution >= 0.6 is 0 Å². The van der Waals surface area contributed by atoms with E-state index in [0.29, 0.717) is 70.1 Å². The second-order valence-corrected chi connectivity index (χ2v) is 12.6. The van der Waals surface area contributed by atoms with Gasteiger partial charge in [0.25, 0.3) is 5.91 Å². The number of nitrogens with zero attached hydrogens (tertiary/aromatic N) is 2. The Bertz CT molecular complexity index is 1550. The van der Waals surface area contributed by atoms with Crippen LogP contribution in [0, 0.1) is 25.2 Å². The van der Waals surface area contributed by atoms with E-state index in [2.05, 4.69) is 32.7 Å².